The van der Waals surface area contributed by atoms with Gasteiger partial charge in [0.05, 0.1) is 32.0 Å². The number of rotatable bonds is 5. The SMILES string of the molecule is O=C(c1cc(Cl)c(O)cc1O)c1cc(Cl)c(Cl)n1-c1c(Cc2cc(Cl)c(O)cc2O)[nH]c(Cl)c1Cl. The molecule has 13 heteroatoms. The minimum Gasteiger partial charge on any atom is -0.508 e. The molecule has 0 aliphatic carbocycles. The zero-order valence-electron chi connectivity index (χ0n) is 17.0. The van der Waals surface area contributed by atoms with Crippen LogP contribution in [0.25, 0.3) is 5.69 Å². The van der Waals surface area contributed by atoms with Gasteiger partial charge in [-0.1, -0.05) is 69.6 Å². The van der Waals surface area contributed by atoms with Crippen molar-refractivity contribution in [2.24, 2.45) is 0 Å². The highest BCUT2D eigenvalue weighted by Crippen LogP contribution is 2.42. The average molecular weight is 597 g/mol. The number of aromatic amines is 1. The Morgan fingerprint density at radius 3 is 2.03 bits per heavy atom. The Bertz CT molecular complexity index is 1510. The predicted octanol–water partition coefficient (Wildman–Crippen LogP) is 7.37. The second-order valence-electron chi connectivity index (χ2n) is 7.34. The summed E-state index contributed by atoms with van der Waals surface area (Å²) >= 11 is 37.3. The fraction of sp³-hybridized carbons (Fsp3) is 0.0455. The van der Waals surface area contributed by atoms with Crippen molar-refractivity contribution in [3.8, 4) is 28.7 Å². The van der Waals surface area contributed by atoms with E-state index in [2.05, 4.69) is 4.98 Å². The quantitative estimate of drug-likeness (QED) is 0.154. The van der Waals surface area contributed by atoms with Crippen molar-refractivity contribution < 1.29 is 25.2 Å². The maximum atomic E-state index is 13.4. The van der Waals surface area contributed by atoms with Crippen LogP contribution in [0.3, 0.4) is 0 Å². The number of carbonyl (C=O) groups is 1. The standard InChI is InChI=1S/C22H12Cl6N2O5/c23-9-1-7(14(31)5-16(9)33)2-12-19(18(26)21(27)29-12)30-13(4-11(25)22(30)28)20(35)8-3-10(24)17(34)6-15(8)32/h1,3-6,29,31-34H,2H2. The van der Waals surface area contributed by atoms with Crippen LogP contribution >= 0.6 is 69.6 Å². The molecular formula is C22H12Cl6N2O5. The molecule has 0 amide bonds. The van der Waals surface area contributed by atoms with Gasteiger partial charge in [-0.3, -0.25) is 9.36 Å². The summed E-state index contributed by atoms with van der Waals surface area (Å²) in [4.78, 5) is 16.3. The Morgan fingerprint density at radius 1 is 0.771 bits per heavy atom. The lowest BCUT2D eigenvalue weighted by molar-refractivity contribution is 0.103. The molecule has 2 aromatic heterocycles. The first-order chi connectivity index (χ1) is 16.4. The van der Waals surface area contributed by atoms with Gasteiger partial charge in [0, 0.05) is 29.8 Å². The number of phenolic OH excluding ortho intramolecular Hbond substituents is 4. The summed E-state index contributed by atoms with van der Waals surface area (Å²) in [5.41, 5.74) is 0.415. The molecule has 35 heavy (non-hydrogen) atoms. The van der Waals surface area contributed by atoms with E-state index in [9.17, 15) is 25.2 Å². The molecule has 0 aliphatic rings. The molecule has 0 bridgehead atoms. The Balaban J connectivity index is 1.91. The number of nitrogens with zero attached hydrogens (tertiary/aromatic N) is 1. The number of nitrogens with one attached hydrogen (secondary N) is 1. The maximum Gasteiger partial charge on any atom is 0.213 e. The van der Waals surface area contributed by atoms with Gasteiger partial charge < -0.3 is 25.4 Å². The van der Waals surface area contributed by atoms with Crippen LogP contribution in [0.5, 0.6) is 23.0 Å². The summed E-state index contributed by atoms with van der Waals surface area (Å²) in [7, 11) is 0. The maximum absolute atomic E-state index is 13.4. The summed E-state index contributed by atoms with van der Waals surface area (Å²) in [6, 6.07) is 5.72. The van der Waals surface area contributed by atoms with Gasteiger partial charge in [-0.05, 0) is 18.2 Å². The van der Waals surface area contributed by atoms with E-state index in [4.69, 9.17) is 69.6 Å². The predicted molar refractivity (Wildman–Crippen MR) is 136 cm³/mol. The molecule has 0 radical (unpaired) electrons. The van der Waals surface area contributed by atoms with Crippen molar-refractivity contribution in [1.82, 2.24) is 9.55 Å². The van der Waals surface area contributed by atoms with Crippen LogP contribution in [0.15, 0.2) is 30.3 Å². The third-order valence-corrected chi connectivity index (χ3v) is 7.24. The highest BCUT2D eigenvalue weighted by molar-refractivity contribution is 6.44. The van der Waals surface area contributed by atoms with Crippen LogP contribution in [-0.4, -0.2) is 35.8 Å². The van der Waals surface area contributed by atoms with E-state index in [-0.39, 0.29) is 65.3 Å². The number of phenols is 4. The van der Waals surface area contributed by atoms with E-state index >= 15 is 0 Å². The Kier molecular flexibility index (Phi) is 7.03. The average Bonchev–Trinajstić information content (AvgIpc) is 3.23. The summed E-state index contributed by atoms with van der Waals surface area (Å²) < 4.78 is 1.23. The van der Waals surface area contributed by atoms with Crippen LogP contribution in [0.4, 0.5) is 0 Å². The van der Waals surface area contributed by atoms with Crippen molar-refractivity contribution in [2.45, 2.75) is 6.42 Å². The lowest BCUT2D eigenvalue weighted by Crippen LogP contribution is -2.11. The van der Waals surface area contributed by atoms with Gasteiger partial charge in [0.15, 0.2) is 0 Å². The molecule has 0 spiro atoms. The van der Waals surface area contributed by atoms with E-state index in [1.165, 1.54) is 16.7 Å². The molecular weight excluding hydrogens is 585 g/mol. The summed E-state index contributed by atoms with van der Waals surface area (Å²) in [6.07, 6.45) is -0.0242. The van der Waals surface area contributed by atoms with Crippen LogP contribution in [0.2, 0.25) is 30.4 Å². The molecule has 2 heterocycles. The minimum absolute atomic E-state index is 0.000641. The van der Waals surface area contributed by atoms with Crippen molar-refractivity contribution in [1.29, 1.82) is 0 Å². The lowest BCUT2D eigenvalue weighted by Gasteiger charge is -2.14. The number of halogens is 6. The van der Waals surface area contributed by atoms with Crippen molar-refractivity contribution in [3.05, 3.63) is 83.2 Å². The summed E-state index contributed by atoms with van der Waals surface area (Å²) in [6.45, 7) is 0. The molecule has 0 atom stereocenters. The minimum atomic E-state index is -0.743. The highest BCUT2D eigenvalue weighted by Gasteiger charge is 2.28. The second kappa shape index (κ2) is 9.58. The molecule has 182 valence electrons. The van der Waals surface area contributed by atoms with Crippen LogP contribution in [0.1, 0.15) is 27.3 Å². The van der Waals surface area contributed by atoms with Crippen molar-refractivity contribution >= 4 is 75.4 Å². The first-order valence-corrected chi connectivity index (χ1v) is 11.8. The molecule has 2 aromatic carbocycles. The van der Waals surface area contributed by atoms with E-state index < -0.39 is 17.3 Å². The third kappa shape index (κ3) is 4.60. The van der Waals surface area contributed by atoms with E-state index in [0.29, 0.717) is 11.3 Å². The van der Waals surface area contributed by atoms with Gasteiger partial charge >= 0.3 is 0 Å². The van der Waals surface area contributed by atoms with E-state index in [0.717, 1.165) is 18.2 Å². The van der Waals surface area contributed by atoms with Crippen LogP contribution < -0.4 is 0 Å². The molecule has 0 saturated carbocycles. The molecule has 0 saturated heterocycles. The first-order valence-electron chi connectivity index (χ1n) is 9.50. The van der Waals surface area contributed by atoms with Gasteiger partial charge in [-0.2, -0.15) is 0 Å². The number of carbonyl (C=O) groups excluding carboxylic acids is 1. The monoisotopic (exact) mass is 594 g/mol. The van der Waals surface area contributed by atoms with Crippen molar-refractivity contribution in [3.63, 3.8) is 0 Å². The molecule has 0 fully saturated rings. The fourth-order valence-corrected chi connectivity index (χ4v) is 4.70. The number of benzene rings is 2. The Labute approximate surface area is 227 Å². The Hall–Kier alpha value is -2.39. The van der Waals surface area contributed by atoms with Gasteiger partial charge in [0.1, 0.15) is 38.3 Å². The topological polar surface area (TPSA) is 119 Å². The fourth-order valence-electron chi connectivity index (χ4n) is 3.48. The smallest absolute Gasteiger partial charge is 0.213 e. The number of hydrogen-bond donors (Lipinski definition) is 5. The molecule has 0 unspecified atom stereocenters. The lowest BCUT2D eigenvalue weighted by atomic mass is 10.1. The zero-order chi connectivity index (χ0) is 25.8. The zero-order valence-corrected chi connectivity index (χ0v) is 21.5. The van der Waals surface area contributed by atoms with Crippen molar-refractivity contribution in [2.75, 3.05) is 0 Å². The number of aromatic hydroxyl groups is 4. The summed E-state index contributed by atoms with van der Waals surface area (Å²) in [5.74, 6) is -2.25. The number of aromatic nitrogens is 2. The number of H-pyrrole nitrogens is 1. The molecule has 4 aromatic rings. The number of hydrogen-bond acceptors (Lipinski definition) is 5. The molecule has 7 nitrogen and oxygen atoms in total. The van der Waals surface area contributed by atoms with Gasteiger partial charge in [-0.15, -0.1) is 0 Å². The van der Waals surface area contributed by atoms with Crippen LogP contribution in [-0.2, 0) is 6.42 Å². The van der Waals surface area contributed by atoms with Gasteiger partial charge in [0.2, 0.25) is 5.78 Å². The summed E-state index contributed by atoms with van der Waals surface area (Å²) in [5, 5.41) is 39.7. The third-order valence-electron chi connectivity index (χ3n) is 5.13. The number of ketones is 1. The normalized spacial score (nSPS) is 11.3. The highest BCUT2D eigenvalue weighted by atomic mass is 35.5. The molecule has 4 rings (SSSR count). The van der Waals surface area contributed by atoms with Gasteiger partial charge in [0.25, 0.3) is 0 Å². The Morgan fingerprint density at radius 2 is 1.37 bits per heavy atom. The molecule has 5 N–H and O–H groups in total. The van der Waals surface area contributed by atoms with Crippen LogP contribution in [0, 0.1) is 0 Å². The first kappa shape index (κ1) is 25.7. The van der Waals surface area contributed by atoms with E-state index in [1.807, 2.05) is 0 Å². The van der Waals surface area contributed by atoms with E-state index in [1.54, 1.807) is 0 Å². The largest absolute Gasteiger partial charge is 0.508 e. The van der Waals surface area contributed by atoms with Gasteiger partial charge in [-0.25, -0.2) is 0 Å². The second-order valence-corrected chi connectivity index (χ2v) is 9.68. The molecule has 0 aliphatic heterocycles.